The summed E-state index contributed by atoms with van der Waals surface area (Å²) in [5, 5.41) is 0. The molecule has 0 aliphatic heterocycles. The number of sulfone groups is 1. The summed E-state index contributed by atoms with van der Waals surface area (Å²) >= 11 is 0. The number of hydrogen-bond acceptors (Lipinski definition) is 4. The van der Waals surface area contributed by atoms with Gasteiger partial charge in [0.1, 0.15) is 15.4 Å². The summed E-state index contributed by atoms with van der Waals surface area (Å²) in [6, 6.07) is 0. The lowest BCUT2D eigenvalue weighted by molar-refractivity contribution is -0.154. The van der Waals surface area contributed by atoms with Crippen LogP contribution in [-0.4, -0.2) is 31.5 Å². The zero-order valence-corrected chi connectivity index (χ0v) is 13.9. The van der Waals surface area contributed by atoms with E-state index in [4.69, 9.17) is 4.74 Å². The van der Waals surface area contributed by atoms with Crippen LogP contribution in [0, 0.1) is 5.41 Å². The Morgan fingerprint density at radius 3 is 1.95 bits per heavy atom. The maximum atomic E-state index is 11.8. The van der Waals surface area contributed by atoms with Gasteiger partial charge >= 0.3 is 5.97 Å². The van der Waals surface area contributed by atoms with Gasteiger partial charge in [0.2, 0.25) is 0 Å². The van der Waals surface area contributed by atoms with Crippen LogP contribution >= 0.6 is 0 Å². The van der Waals surface area contributed by atoms with E-state index in [-0.39, 0.29) is 29.3 Å². The normalized spacial score (nSPS) is 13.4. The Bertz CT molecular complexity index is 383. The van der Waals surface area contributed by atoms with Gasteiger partial charge in [0.25, 0.3) is 0 Å². The molecule has 0 aliphatic rings. The van der Waals surface area contributed by atoms with Crippen LogP contribution in [0.1, 0.15) is 60.8 Å². The molecule has 0 spiro atoms. The maximum absolute atomic E-state index is 11.8. The van der Waals surface area contributed by atoms with Crippen LogP contribution in [0.15, 0.2) is 0 Å². The first-order valence-electron chi connectivity index (χ1n) is 6.73. The van der Waals surface area contributed by atoms with E-state index < -0.39 is 15.4 Å². The summed E-state index contributed by atoms with van der Waals surface area (Å²) in [4.78, 5) is 11.4. The average molecular weight is 292 g/mol. The fourth-order valence-electron chi connectivity index (χ4n) is 1.39. The van der Waals surface area contributed by atoms with Crippen molar-refractivity contribution < 1.29 is 17.9 Å². The smallest absolute Gasteiger partial charge is 0.306 e. The van der Waals surface area contributed by atoms with Crippen molar-refractivity contribution >= 4 is 15.8 Å². The monoisotopic (exact) mass is 292 g/mol. The van der Waals surface area contributed by atoms with Crippen molar-refractivity contribution in [2.24, 2.45) is 5.41 Å². The molecule has 0 aromatic rings. The quantitative estimate of drug-likeness (QED) is 0.706. The van der Waals surface area contributed by atoms with Crippen LogP contribution in [0.25, 0.3) is 0 Å². The summed E-state index contributed by atoms with van der Waals surface area (Å²) in [6.45, 7) is 11.4. The largest absolute Gasteiger partial charge is 0.460 e. The molecule has 0 saturated carbocycles. The molecule has 0 aliphatic carbocycles. The highest BCUT2D eigenvalue weighted by Gasteiger charge is 2.19. The lowest BCUT2D eigenvalue weighted by Gasteiger charge is -2.19. The van der Waals surface area contributed by atoms with Crippen molar-refractivity contribution in [2.75, 3.05) is 11.5 Å². The van der Waals surface area contributed by atoms with Gasteiger partial charge in [-0.1, -0.05) is 20.8 Å². The predicted octanol–water partition coefficient (Wildman–Crippen LogP) is 2.96. The van der Waals surface area contributed by atoms with Crippen LogP contribution < -0.4 is 0 Å². The van der Waals surface area contributed by atoms with E-state index in [9.17, 15) is 13.2 Å². The van der Waals surface area contributed by atoms with Gasteiger partial charge in [-0.15, -0.1) is 0 Å². The lowest BCUT2D eigenvalue weighted by Crippen LogP contribution is -2.24. The standard InChI is InChI=1S/C14H28O4S/c1-13(2,3)9-11-19(16,17)10-7-8-12(15)18-14(4,5)6/h7-11H2,1-6H3. The molecule has 0 rings (SSSR count). The molecule has 0 radical (unpaired) electrons. The zero-order chi connectivity index (χ0) is 15.3. The molecular formula is C14H28O4S. The van der Waals surface area contributed by atoms with Gasteiger partial charge in [0.15, 0.2) is 0 Å². The van der Waals surface area contributed by atoms with E-state index in [0.29, 0.717) is 12.8 Å². The van der Waals surface area contributed by atoms with Crippen molar-refractivity contribution in [3.8, 4) is 0 Å². The minimum atomic E-state index is -3.06. The van der Waals surface area contributed by atoms with Gasteiger partial charge in [0.05, 0.1) is 11.5 Å². The number of ether oxygens (including phenoxy) is 1. The first-order valence-corrected chi connectivity index (χ1v) is 8.55. The third-order valence-corrected chi connectivity index (χ3v) is 4.16. The van der Waals surface area contributed by atoms with E-state index in [0.717, 1.165) is 0 Å². The Morgan fingerprint density at radius 2 is 1.53 bits per heavy atom. The van der Waals surface area contributed by atoms with Gasteiger partial charge in [-0.05, 0) is 39.0 Å². The van der Waals surface area contributed by atoms with E-state index in [2.05, 4.69) is 0 Å². The Balaban J connectivity index is 4.03. The summed E-state index contributed by atoms with van der Waals surface area (Å²) in [5.74, 6) is -0.0915. The summed E-state index contributed by atoms with van der Waals surface area (Å²) in [6.07, 6.45) is 1.13. The van der Waals surface area contributed by atoms with Crippen molar-refractivity contribution in [1.82, 2.24) is 0 Å². The maximum Gasteiger partial charge on any atom is 0.306 e. The Labute approximate surface area is 117 Å². The highest BCUT2D eigenvalue weighted by atomic mass is 32.2. The third kappa shape index (κ3) is 12.2. The highest BCUT2D eigenvalue weighted by Crippen LogP contribution is 2.19. The molecule has 0 unspecified atom stereocenters. The minimum absolute atomic E-state index is 0.0121. The third-order valence-electron chi connectivity index (χ3n) is 2.42. The summed E-state index contributed by atoms with van der Waals surface area (Å²) < 4.78 is 28.7. The van der Waals surface area contributed by atoms with Gasteiger partial charge in [-0.2, -0.15) is 0 Å². The second kappa shape index (κ2) is 6.73. The van der Waals surface area contributed by atoms with Gasteiger partial charge in [0, 0.05) is 6.42 Å². The number of hydrogen-bond donors (Lipinski definition) is 0. The molecule has 0 amide bonds. The average Bonchev–Trinajstić information content (AvgIpc) is 2.10. The number of carbonyl (C=O) groups excluding carboxylic acids is 1. The Morgan fingerprint density at radius 1 is 1.00 bits per heavy atom. The van der Waals surface area contributed by atoms with Crippen LogP contribution in [0.3, 0.4) is 0 Å². The molecule has 4 nitrogen and oxygen atoms in total. The molecule has 0 bridgehead atoms. The molecule has 114 valence electrons. The molecular weight excluding hydrogens is 264 g/mol. The second-order valence-corrected chi connectivity index (χ2v) is 9.46. The second-order valence-electron chi connectivity index (χ2n) is 7.15. The lowest BCUT2D eigenvalue weighted by atomic mass is 9.94. The number of rotatable bonds is 6. The van der Waals surface area contributed by atoms with Gasteiger partial charge < -0.3 is 4.74 Å². The molecule has 0 aromatic carbocycles. The summed E-state index contributed by atoms with van der Waals surface area (Å²) in [5.41, 5.74) is -0.500. The molecule has 0 fully saturated rings. The van der Waals surface area contributed by atoms with Crippen LogP contribution in [0.5, 0.6) is 0 Å². The SMILES string of the molecule is CC(C)(C)CCS(=O)(=O)CCCC(=O)OC(C)(C)C. The van der Waals surface area contributed by atoms with E-state index in [1.807, 2.05) is 20.8 Å². The molecule has 0 atom stereocenters. The van der Waals surface area contributed by atoms with E-state index in [1.165, 1.54) is 0 Å². The van der Waals surface area contributed by atoms with E-state index >= 15 is 0 Å². The van der Waals surface area contributed by atoms with Crippen molar-refractivity contribution in [3.05, 3.63) is 0 Å². The van der Waals surface area contributed by atoms with E-state index in [1.54, 1.807) is 20.8 Å². The fraction of sp³-hybridized carbons (Fsp3) is 0.929. The first-order chi connectivity index (χ1) is 8.31. The van der Waals surface area contributed by atoms with Gasteiger partial charge in [-0.3, -0.25) is 4.79 Å². The molecule has 5 heteroatoms. The van der Waals surface area contributed by atoms with Crippen molar-refractivity contribution in [2.45, 2.75) is 66.4 Å². The van der Waals surface area contributed by atoms with Crippen LogP contribution in [0.4, 0.5) is 0 Å². The Hall–Kier alpha value is -0.580. The molecule has 0 aromatic heterocycles. The van der Waals surface area contributed by atoms with Crippen LogP contribution in [0.2, 0.25) is 0 Å². The Kier molecular flexibility index (Phi) is 6.52. The summed E-state index contributed by atoms with van der Waals surface area (Å²) in [7, 11) is -3.06. The molecule has 0 heterocycles. The number of esters is 1. The zero-order valence-electron chi connectivity index (χ0n) is 13.1. The predicted molar refractivity (Wildman–Crippen MR) is 77.8 cm³/mol. The van der Waals surface area contributed by atoms with Crippen LogP contribution in [-0.2, 0) is 19.4 Å². The van der Waals surface area contributed by atoms with Crippen molar-refractivity contribution in [3.63, 3.8) is 0 Å². The molecule has 0 N–H and O–H groups in total. The first kappa shape index (κ1) is 18.4. The van der Waals surface area contributed by atoms with Crippen molar-refractivity contribution in [1.29, 1.82) is 0 Å². The van der Waals surface area contributed by atoms with Gasteiger partial charge in [-0.25, -0.2) is 8.42 Å². The number of carbonyl (C=O) groups is 1. The fourth-order valence-corrected chi connectivity index (χ4v) is 3.10. The highest BCUT2D eigenvalue weighted by molar-refractivity contribution is 7.91. The topological polar surface area (TPSA) is 60.4 Å². The molecule has 0 saturated heterocycles. The molecule has 19 heavy (non-hydrogen) atoms. The minimum Gasteiger partial charge on any atom is -0.460 e.